The molecule has 1 fully saturated rings. The lowest BCUT2D eigenvalue weighted by atomic mass is 9.67. The zero-order valence-corrected chi connectivity index (χ0v) is 17.3. The van der Waals surface area contributed by atoms with E-state index in [9.17, 15) is 13.2 Å². The standard InChI is InChI=1S/C18H24N2O4S2/c1-11-8-15(21)18(4,17(11,2)3)10-26(22,23)20-16-19-13-7-6-12(24-5)9-14(13)25-16/h6-7,9,11H,8,10H2,1-5H3,(H,19,20). The van der Waals surface area contributed by atoms with Gasteiger partial charge in [-0.1, -0.05) is 39.0 Å². The van der Waals surface area contributed by atoms with Crippen molar-refractivity contribution in [3.8, 4) is 5.75 Å². The molecule has 0 spiro atoms. The highest BCUT2D eigenvalue weighted by Crippen LogP contribution is 2.54. The summed E-state index contributed by atoms with van der Waals surface area (Å²) >= 11 is 1.25. The largest absolute Gasteiger partial charge is 0.497 e. The van der Waals surface area contributed by atoms with Gasteiger partial charge >= 0.3 is 0 Å². The van der Waals surface area contributed by atoms with Crippen LogP contribution in [0.4, 0.5) is 5.13 Å². The van der Waals surface area contributed by atoms with Gasteiger partial charge in [-0.3, -0.25) is 9.52 Å². The lowest BCUT2D eigenvalue weighted by Gasteiger charge is -2.38. The Labute approximate surface area is 158 Å². The number of nitrogens with zero attached hydrogens (tertiary/aromatic N) is 1. The number of anilines is 1. The SMILES string of the molecule is COc1ccc2nc(NS(=O)(=O)CC3(C)C(=O)CC(C)C3(C)C)sc2c1. The molecule has 2 atom stereocenters. The minimum absolute atomic E-state index is 0.00871. The van der Waals surface area contributed by atoms with Crippen LogP contribution in [0.25, 0.3) is 10.2 Å². The molecule has 0 radical (unpaired) electrons. The molecule has 142 valence electrons. The Morgan fingerprint density at radius 2 is 2.04 bits per heavy atom. The molecule has 1 saturated carbocycles. The average Bonchev–Trinajstić information content (AvgIpc) is 2.98. The fourth-order valence-electron chi connectivity index (χ4n) is 3.55. The van der Waals surface area contributed by atoms with Crippen LogP contribution < -0.4 is 9.46 Å². The number of fused-ring (bicyclic) bond motifs is 1. The summed E-state index contributed by atoms with van der Waals surface area (Å²) in [6.45, 7) is 7.72. The predicted octanol–water partition coefficient (Wildman–Crippen LogP) is 3.69. The molecule has 1 N–H and O–H groups in total. The number of benzene rings is 1. The van der Waals surface area contributed by atoms with Gasteiger partial charge in [-0.2, -0.15) is 0 Å². The van der Waals surface area contributed by atoms with Crippen LogP contribution in [0, 0.1) is 16.7 Å². The van der Waals surface area contributed by atoms with Gasteiger partial charge in [0.1, 0.15) is 11.5 Å². The third-order valence-electron chi connectivity index (χ3n) is 6.08. The molecule has 2 unspecified atom stereocenters. The van der Waals surface area contributed by atoms with Crippen molar-refractivity contribution < 1.29 is 17.9 Å². The molecule has 1 heterocycles. The molecule has 6 nitrogen and oxygen atoms in total. The van der Waals surface area contributed by atoms with E-state index in [1.807, 2.05) is 26.8 Å². The smallest absolute Gasteiger partial charge is 0.235 e. The van der Waals surface area contributed by atoms with Gasteiger partial charge in [0, 0.05) is 11.8 Å². The number of ether oxygens (including phenoxy) is 1. The van der Waals surface area contributed by atoms with Gasteiger partial charge in [-0.05, 0) is 29.5 Å². The van der Waals surface area contributed by atoms with Crippen molar-refractivity contribution in [3.05, 3.63) is 18.2 Å². The van der Waals surface area contributed by atoms with Crippen LogP contribution in [0.1, 0.15) is 34.1 Å². The lowest BCUT2D eigenvalue weighted by molar-refractivity contribution is -0.126. The average molecular weight is 397 g/mol. The molecule has 1 aliphatic carbocycles. The van der Waals surface area contributed by atoms with Crippen molar-refractivity contribution in [2.45, 2.75) is 34.1 Å². The molecule has 0 saturated heterocycles. The van der Waals surface area contributed by atoms with Crippen LogP contribution in [0.2, 0.25) is 0 Å². The first-order valence-corrected chi connectivity index (χ1v) is 10.9. The maximum atomic E-state index is 12.8. The number of hydrogen-bond acceptors (Lipinski definition) is 6. The minimum atomic E-state index is -3.72. The van der Waals surface area contributed by atoms with Crippen molar-refractivity contribution in [2.24, 2.45) is 16.7 Å². The van der Waals surface area contributed by atoms with Gasteiger partial charge in [0.05, 0.1) is 23.1 Å². The van der Waals surface area contributed by atoms with Crippen molar-refractivity contribution in [1.29, 1.82) is 0 Å². The lowest BCUT2D eigenvalue weighted by Crippen LogP contribution is -2.44. The zero-order valence-electron chi connectivity index (χ0n) is 15.6. The summed E-state index contributed by atoms with van der Waals surface area (Å²) in [5, 5.41) is 0.299. The molecular weight excluding hydrogens is 372 g/mol. The van der Waals surface area contributed by atoms with Gasteiger partial charge in [-0.15, -0.1) is 0 Å². The van der Waals surface area contributed by atoms with E-state index < -0.39 is 15.4 Å². The molecule has 1 aliphatic rings. The summed E-state index contributed by atoms with van der Waals surface area (Å²) in [7, 11) is -2.14. The van der Waals surface area contributed by atoms with E-state index in [-0.39, 0.29) is 22.9 Å². The Balaban J connectivity index is 1.86. The molecule has 3 rings (SSSR count). The van der Waals surface area contributed by atoms with E-state index in [1.165, 1.54) is 11.3 Å². The fraction of sp³-hybridized carbons (Fsp3) is 0.556. The minimum Gasteiger partial charge on any atom is -0.497 e. The van der Waals surface area contributed by atoms with Crippen molar-refractivity contribution in [2.75, 3.05) is 17.6 Å². The van der Waals surface area contributed by atoms with E-state index in [4.69, 9.17) is 4.74 Å². The second-order valence-electron chi connectivity index (χ2n) is 7.80. The molecule has 1 aromatic carbocycles. The predicted molar refractivity (Wildman–Crippen MR) is 104 cm³/mol. The van der Waals surface area contributed by atoms with Crippen LogP contribution in [-0.2, 0) is 14.8 Å². The fourth-order valence-corrected chi connectivity index (χ4v) is 6.52. The van der Waals surface area contributed by atoms with Gasteiger partial charge in [0.15, 0.2) is 5.13 Å². The van der Waals surface area contributed by atoms with Crippen LogP contribution >= 0.6 is 11.3 Å². The van der Waals surface area contributed by atoms with Crippen LogP contribution in [-0.4, -0.2) is 32.0 Å². The van der Waals surface area contributed by atoms with Gasteiger partial charge < -0.3 is 4.74 Å². The second-order valence-corrected chi connectivity index (χ2v) is 10.5. The number of rotatable bonds is 5. The number of aromatic nitrogens is 1. The Kier molecular flexibility index (Phi) is 4.55. The molecular formula is C18H24N2O4S2. The maximum Gasteiger partial charge on any atom is 0.235 e. The van der Waals surface area contributed by atoms with Gasteiger partial charge in [0.2, 0.25) is 10.0 Å². The molecule has 0 aliphatic heterocycles. The van der Waals surface area contributed by atoms with Gasteiger partial charge in [-0.25, -0.2) is 13.4 Å². The van der Waals surface area contributed by atoms with Crippen LogP contribution in [0.3, 0.4) is 0 Å². The quantitative estimate of drug-likeness (QED) is 0.833. The zero-order chi connectivity index (χ0) is 19.3. The van der Waals surface area contributed by atoms with E-state index in [2.05, 4.69) is 9.71 Å². The van der Waals surface area contributed by atoms with Gasteiger partial charge in [0.25, 0.3) is 0 Å². The number of sulfonamides is 1. The number of thiazole rings is 1. The van der Waals surface area contributed by atoms with Crippen molar-refractivity contribution >= 4 is 42.5 Å². The molecule has 1 aromatic heterocycles. The Morgan fingerprint density at radius 3 is 2.62 bits per heavy atom. The second kappa shape index (κ2) is 6.20. The summed E-state index contributed by atoms with van der Waals surface area (Å²) < 4.78 is 34.1. The first-order chi connectivity index (χ1) is 12.0. The summed E-state index contributed by atoms with van der Waals surface area (Å²) in [5.41, 5.74) is -0.608. The normalized spacial score (nSPS) is 25.6. The number of methoxy groups -OCH3 is 1. The highest BCUT2D eigenvalue weighted by Gasteiger charge is 2.57. The number of ketones is 1. The van der Waals surface area contributed by atoms with E-state index in [0.717, 1.165) is 4.70 Å². The monoisotopic (exact) mass is 396 g/mol. The first-order valence-electron chi connectivity index (χ1n) is 8.47. The highest BCUT2D eigenvalue weighted by atomic mass is 32.2. The number of Topliss-reactive ketones (excluding diaryl/α,β-unsaturated/α-hetero) is 1. The molecule has 8 heteroatoms. The van der Waals surface area contributed by atoms with E-state index >= 15 is 0 Å². The molecule has 0 amide bonds. The Morgan fingerprint density at radius 1 is 1.35 bits per heavy atom. The maximum absolute atomic E-state index is 12.8. The summed E-state index contributed by atoms with van der Waals surface area (Å²) in [4.78, 5) is 16.9. The molecule has 26 heavy (non-hydrogen) atoms. The Hall–Kier alpha value is -1.67. The third kappa shape index (κ3) is 3.09. The van der Waals surface area contributed by atoms with Crippen LogP contribution in [0.15, 0.2) is 18.2 Å². The van der Waals surface area contributed by atoms with Crippen LogP contribution in [0.5, 0.6) is 5.75 Å². The number of carbonyl (C=O) groups is 1. The molecule has 2 aromatic rings. The van der Waals surface area contributed by atoms with E-state index in [1.54, 1.807) is 26.2 Å². The Bertz CT molecular complexity index is 965. The highest BCUT2D eigenvalue weighted by molar-refractivity contribution is 7.93. The number of nitrogens with one attached hydrogen (secondary N) is 1. The molecule has 0 bridgehead atoms. The summed E-state index contributed by atoms with van der Waals surface area (Å²) in [6, 6.07) is 5.38. The van der Waals surface area contributed by atoms with Crippen molar-refractivity contribution in [1.82, 2.24) is 4.98 Å². The summed E-state index contributed by atoms with van der Waals surface area (Å²) in [6.07, 6.45) is 0.417. The third-order valence-corrected chi connectivity index (χ3v) is 8.60. The van der Waals surface area contributed by atoms with E-state index in [0.29, 0.717) is 22.8 Å². The first kappa shape index (κ1) is 19.1. The summed E-state index contributed by atoms with van der Waals surface area (Å²) in [5.74, 6) is 0.602. The topological polar surface area (TPSA) is 85.4 Å². The van der Waals surface area contributed by atoms with Crippen molar-refractivity contribution in [3.63, 3.8) is 0 Å². The number of hydrogen-bond donors (Lipinski definition) is 1. The number of carbonyl (C=O) groups excluding carboxylic acids is 1.